The van der Waals surface area contributed by atoms with E-state index in [0.29, 0.717) is 18.6 Å². The molecule has 1 aromatic heterocycles. The van der Waals surface area contributed by atoms with Crippen molar-refractivity contribution in [3.63, 3.8) is 0 Å². The van der Waals surface area contributed by atoms with Gasteiger partial charge in [0.25, 0.3) is 0 Å². The molecule has 0 saturated carbocycles. The van der Waals surface area contributed by atoms with Crippen molar-refractivity contribution in [3.8, 4) is 0 Å². The lowest BCUT2D eigenvalue weighted by Gasteiger charge is -1.96. The molecule has 4 N–H and O–H groups in total. The van der Waals surface area contributed by atoms with E-state index < -0.39 is 0 Å². The molecule has 1 heterocycles. The quantitative estimate of drug-likeness (QED) is 0.579. The zero-order chi connectivity index (χ0) is 16.6. The fourth-order valence-corrected chi connectivity index (χ4v) is 2.01. The van der Waals surface area contributed by atoms with Crippen LogP contribution in [0.5, 0.6) is 0 Å². The summed E-state index contributed by atoms with van der Waals surface area (Å²) in [6.07, 6.45) is 6.46. The third-order valence-electron chi connectivity index (χ3n) is 3.23. The molecule has 0 radical (unpaired) electrons. The van der Waals surface area contributed by atoms with Crippen molar-refractivity contribution in [2.75, 3.05) is 7.18 Å². The molecule has 21 heavy (non-hydrogen) atoms. The third-order valence-corrected chi connectivity index (χ3v) is 3.23. The standard InChI is InChI=1S/C16H23N3.CH3F/c1-6-10(3)14(18)9-15-12(5)13(7-2)16(19-15)8-11(4)17;1-2/h6,8-9,17,19H,1,7,18H2,2-5H3;1H3/b14-10+,15-9-,16-8-,17-11?;. The number of hydrogen-bond acceptors (Lipinski definition) is 2. The van der Waals surface area contributed by atoms with E-state index in [1.165, 1.54) is 11.1 Å². The molecule has 1 aromatic rings. The highest BCUT2D eigenvalue weighted by molar-refractivity contribution is 6.06. The highest BCUT2D eigenvalue weighted by Crippen LogP contribution is 2.02. The Morgan fingerprint density at radius 1 is 1.29 bits per heavy atom. The SMILES string of the molecule is C=C/C(C)=C(N)\C=c1/[nH]/c(=C\C(C)=N)c(CC)c1C.CF. The van der Waals surface area contributed by atoms with Gasteiger partial charge in [0, 0.05) is 22.1 Å². The number of H-pyrrole nitrogens is 1. The molecule has 3 nitrogen and oxygen atoms in total. The van der Waals surface area contributed by atoms with Crippen LogP contribution >= 0.6 is 0 Å². The van der Waals surface area contributed by atoms with Gasteiger partial charge >= 0.3 is 0 Å². The van der Waals surface area contributed by atoms with Crippen molar-refractivity contribution >= 4 is 17.9 Å². The summed E-state index contributed by atoms with van der Waals surface area (Å²) in [5, 5.41) is 9.60. The molecule has 0 spiro atoms. The van der Waals surface area contributed by atoms with Crippen LogP contribution in [0, 0.1) is 12.3 Å². The number of alkyl halides is 1. The van der Waals surface area contributed by atoms with E-state index in [4.69, 9.17) is 11.1 Å². The summed E-state index contributed by atoms with van der Waals surface area (Å²) in [4.78, 5) is 3.34. The van der Waals surface area contributed by atoms with E-state index in [-0.39, 0.29) is 0 Å². The average molecular weight is 291 g/mol. The van der Waals surface area contributed by atoms with Crippen LogP contribution in [0.1, 0.15) is 31.9 Å². The van der Waals surface area contributed by atoms with Crippen LogP contribution in [-0.4, -0.2) is 17.9 Å². The Hall–Kier alpha value is -2.10. The van der Waals surface area contributed by atoms with Crippen molar-refractivity contribution in [3.05, 3.63) is 45.8 Å². The van der Waals surface area contributed by atoms with Gasteiger partial charge in [0.2, 0.25) is 0 Å². The van der Waals surface area contributed by atoms with Crippen LogP contribution in [-0.2, 0) is 6.42 Å². The van der Waals surface area contributed by atoms with Crippen LogP contribution < -0.4 is 16.4 Å². The van der Waals surface area contributed by atoms with E-state index >= 15 is 0 Å². The fourth-order valence-electron chi connectivity index (χ4n) is 2.01. The summed E-state index contributed by atoms with van der Waals surface area (Å²) in [5.41, 5.74) is 10.6. The van der Waals surface area contributed by atoms with Crippen molar-refractivity contribution in [1.82, 2.24) is 4.98 Å². The van der Waals surface area contributed by atoms with Crippen LogP contribution in [0.3, 0.4) is 0 Å². The first-order chi connectivity index (χ1) is 9.90. The second-order valence-electron chi connectivity index (χ2n) is 4.72. The number of hydrogen-bond donors (Lipinski definition) is 3. The van der Waals surface area contributed by atoms with Crippen LogP contribution in [0.15, 0.2) is 23.9 Å². The predicted octanol–water partition coefficient (Wildman–Crippen LogP) is 2.49. The largest absolute Gasteiger partial charge is 0.398 e. The Balaban J connectivity index is 0.00000191. The summed E-state index contributed by atoms with van der Waals surface area (Å²) in [7, 11) is 0.500. The first-order valence-electron chi connectivity index (χ1n) is 6.83. The molecule has 0 fully saturated rings. The van der Waals surface area contributed by atoms with Gasteiger partial charge in [-0.05, 0) is 56.0 Å². The first-order valence-corrected chi connectivity index (χ1v) is 6.83. The highest BCUT2D eigenvalue weighted by atomic mass is 19.1. The Labute approximate surface area is 126 Å². The number of allylic oxidation sites excluding steroid dienone is 3. The Kier molecular flexibility index (Phi) is 8.06. The Bertz CT molecular complexity index is 648. The maximum absolute atomic E-state index is 9.50. The molecule has 0 aliphatic heterocycles. The number of aromatic nitrogens is 1. The lowest BCUT2D eigenvalue weighted by molar-refractivity contribution is 0.636. The molecular formula is C17H26FN3. The minimum absolute atomic E-state index is 0.500. The van der Waals surface area contributed by atoms with Crippen LogP contribution in [0.4, 0.5) is 4.39 Å². The Morgan fingerprint density at radius 3 is 2.29 bits per heavy atom. The molecule has 0 unspecified atom stereocenters. The van der Waals surface area contributed by atoms with Gasteiger partial charge in [-0.15, -0.1) is 0 Å². The van der Waals surface area contributed by atoms with Crippen molar-refractivity contribution in [1.29, 1.82) is 5.41 Å². The van der Waals surface area contributed by atoms with E-state index in [1.54, 1.807) is 13.0 Å². The third kappa shape index (κ3) is 5.06. The number of nitrogens with two attached hydrogens (primary N) is 1. The van der Waals surface area contributed by atoms with Gasteiger partial charge < -0.3 is 16.1 Å². The van der Waals surface area contributed by atoms with Gasteiger partial charge in [-0.2, -0.15) is 0 Å². The minimum Gasteiger partial charge on any atom is -0.398 e. The number of halogens is 1. The molecule has 0 aliphatic rings. The molecule has 4 heteroatoms. The van der Waals surface area contributed by atoms with Crippen molar-refractivity contribution < 1.29 is 4.39 Å². The van der Waals surface area contributed by atoms with E-state index in [9.17, 15) is 4.39 Å². The molecule has 0 bridgehead atoms. The van der Waals surface area contributed by atoms with E-state index in [2.05, 4.69) is 25.4 Å². The van der Waals surface area contributed by atoms with E-state index in [0.717, 1.165) is 22.7 Å². The fraction of sp³-hybridized carbons (Fsp3) is 0.353. The van der Waals surface area contributed by atoms with E-state index in [1.807, 2.05) is 19.1 Å². The molecule has 0 aliphatic carbocycles. The van der Waals surface area contributed by atoms with Crippen LogP contribution in [0.25, 0.3) is 12.2 Å². The highest BCUT2D eigenvalue weighted by Gasteiger charge is 2.04. The second kappa shape index (κ2) is 8.95. The predicted molar refractivity (Wildman–Crippen MR) is 90.6 cm³/mol. The summed E-state index contributed by atoms with van der Waals surface area (Å²) in [6.45, 7) is 11.6. The zero-order valence-electron chi connectivity index (χ0n) is 13.6. The topological polar surface area (TPSA) is 65.7 Å². The van der Waals surface area contributed by atoms with Crippen molar-refractivity contribution in [2.24, 2.45) is 5.73 Å². The molecule has 0 saturated heterocycles. The summed E-state index contributed by atoms with van der Waals surface area (Å²) in [5.74, 6) is 0. The zero-order valence-corrected chi connectivity index (χ0v) is 13.6. The maximum atomic E-state index is 9.50. The van der Waals surface area contributed by atoms with Crippen LogP contribution in [0.2, 0.25) is 0 Å². The van der Waals surface area contributed by atoms with Gasteiger partial charge in [-0.1, -0.05) is 19.6 Å². The molecule has 116 valence electrons. The maximum Gasteiger partial charge on any atom is 0.0785 e. The normalized spacial score (nSPS) is 13.4. The first kappa shape index (κ1) is 18.9. The summed E-state index contributed by atoms with van der Waals surface area (Å²) in [6, 6.07) is 0. The number of nitrogens with one attached hydrogen (secondary N) is 2. The number of aromatic amines is 1. The summed E-state index contributed by atoms with van der Waals surface area (Å²) < 4.78 is 9.50. The molecular weight excluding hydrogens is 265 g/mol. The molecule has 0 atom stereocenters. The lowest BCUT2D eigenvalue weighted by atomic mass is 10.1. The van der Waals surface area contributed by atoms with Gasteiger partial charge in [0.05, 0.1) is 7.18 Å². The smallest absolute Gasteiger partial charge is 0.0785 e. The lowest BCUT2D eigenvalue weighted by Crippen LogP contribution is -2.14. The molecule has 0 aromatic carbocycles. The summed E-state index contributed by atoms with van der Waals surface area (Å²) >= 11 is 0. The molecule has 0 amide bonds. The van der Waals surface area contributed by atoms with Gasteiger partial charge in [0.15, 0.2) is 0 Å². The monoisotopic (exact) mass is 291 g/mol. The van der Waals surface area contributed by atoms with Crippen molar-refractivity contribution in [2.45, 2.75) is 34.1 Å². The minimum atomic E-state index is 0.500. The van der Waals surface area contributed by atoms with Gasteiger partial charge in [-0.25, -0.2) is 0 Å². The van der Waals surface area contributed by atoms with Gasteiger partial charge in [0.1, 0.15) is 0 Å². The van der Waals surface area contributed by atoms with Gasteiger partial charge in [-0.3, -0.25) is 4.39 Å². The average Bonchev–Trinajstić information content (AvgIpc) is 2.74. The molecule has 1 rings (SSSR count). The Morgan fingerprint density at radius 2 is 1.86 bits per heavy atom. The number of rotatable bonds is 4. The second-order valence-corrected chi connectivity index (χ2v) is 4.72.